The average molecular weight is 494 g/mol. The zero-order chi connectivity index (χ0) is 19.1. The summed E-state index contributed by atoms with van der Waals surface area (Å²) in [5, 5.41) is 6.98. The minimum atomic E-state index is 0. The van der Waals surface area contributed by atoms with Crippen molar-refractivity contribution in [3.8, 4) is 5.75 Å². The molecule has 2 unspecified atom stereocenters. The summed E-state index contributed by atoms with van der Waals surface area (Å²) < 4.78 is 5.42. The molecule has 0 spiro atoms. The van der Waals surface area contributed by atoms with Gasteiger partial charge in [0.2, 0.25) is 0 Å². The van der Waals surface area contributed by atoms with Gasteiger partial charge in [-0.3, -0.25) is 9.89 Å². The lowest BCUT2D eigenvalue weighted by atomic mass is 10.2. The zero-order valence-electron chi connectivity index (χ0n) is 16.9. The Kier molecular flexibility index (Phi) is 9.05. The van der Waals surface area contributed by atoms with Crippen LogP contribution < -0.4 is 15.4 Å². The molecule has 152 valence electrons. The number of guanidine groups is 1. The van der Waals surface area contributed by atoms with E-state index in [9.17, 15) is 0 Å². The Bertz CT molecular complexity index is 753. The van der Waals surface area contributed by atoms with E-state index >= 15 is 0 Å². The number of hydrogen-bond acceptors (Lipinski definition) is 3. The quantitative estimate of drug-likeness (QED) is 0.366. The van der Waals surface area contributed by atoms with Gasteiger partial charge in [-0.05, 0) is 25.0 Å². The number of ether oxygens (including phenoxy) is 1. The molecule has 3 rings (SSSR count). The molecule has 1 fully saturated rings. The summed E-state index contributed by atoms with van der Waals surface area (Å²) in [6.07, 6.45) is 1.11. The number of para-hydroxylation sites is 1. The standard InChI is InChI=1S/C22H30N4O.HI/c1-17-13-20(16-26(17)15-18-9-5-4-6-10-18)25-22(23-2)24-14-19-11-7-8-12-21(19)27-3;/h4-12,17,20H,13-16H2,1-3H3,(H2,23,24,25);1H. The summed E-state index contributed by atoms with van der Waals surface area (Å²) in [7, 11) is 3.52. The molecule has 2 aromatic rings. The zero-order valence-corrected chi connectivity index (χ0v) is 19.2. The van der Waals surface area contributed by atoms with Gasteiger partial charge < -0.3 is 15.4 Å². The molecule has 1 aliphatic heterocycles. The second-order valence-electron chi connectivity index (χ2n) is 7.08. The number of likely N-dealkylation sites (tertiary alicyclic amines) is 1. The third-order valence-electron chi connectivity index (χ3n) is 5.14. The van der Waals surface area contributed by atoms with Crippen LogP contribution in [0.25, 0.3) is 0 Å². The van der Waals surface area contributed by atoms with Crippen LogP contribution in [0.4, 0.5) is 0 Å². The van der Waals surface area contributed by atoms with Gasteiger partial charge in [0.1, 0.15) is 5.75 Å². The third-order valence-corrected chi connectivity index (χ3v) is 5.14. The molecular formula is C22H31IN4O. The minimum absolute atomic E-state index is 0. The number of nitrogens with zero attached hydrogens (tertiary/aromatic N) is 2. The highest BCUT2D eigenvalue weighted by molar-refractivity contribution is 14.0. The average Bonchev–Trinajstić information content (AvgIpc) is 3.05. The van der Waals surface area contributed by atoms with E-state index in [0.717, 1.165) is 36.8 Å². The summed E-state index contributed by atoms with van der Waals surface area (Å²) in [6.45, 7) is 4.99. The number of halogens is 1. The molecule has 0 aromatic heterocycles. The summed E-state index contributed by atoms with van der Waals surface area (Å²) >= 11 is 0. The van der Waals surface area contributed by atoms with Crippen molar-refractivity contribution < 1.29 is 4.74 Å². The van der Waals surface area contributed by atoms with Crippen LogP contribution in [0.5, 0.6) is 5.75 Å². The Morgan fingerprint density at radius 1 is 1.14 bits per heavy atom. The highest BCUT2D eigenvalue weighted by atomic mass is 127. The number of benzene rings is 2. The van der Waals surface area contributed by atoms with Gasteiger partial charge in [-0.25, -0.2) is 0 Å². The van der Waals surface area contributed by atoms with Gasteiger partial charge in [0.25, 0.3) is 0 Å². The van der Waals surface area contributed by atoms with E-state index in [1.54, 1.807) is 7.11 Å². The molecule has 28 heavy (non-hydrogen) atoms. The highest BCUT2D eigenvalue weighted by Crippen LogP contribution is 2.20. The van der Waals surface area contributed by atoms with Gasteiger partial charge in [-0.15, -0.1) is 24.0 Å². The Hall–Kier alpha value is -1.80. The Morgan fingerprint density at radius 3 is 2.57 bits per heavy atom. The smallest absolute Gasteiger partial charge is 0.191 e. The van der Waals surface area contributed by atoms with Crippen molar-refractivity contribution in [2.75, 3.05) is 20.7 Å². The van der Waals surface area contributed by atoms with Crippen LogP contribution in [0.15, 0.2) is 59.6 Å². The summed E-state index contributed by atoms with van der Waals surface area (Å²) in [4.78, 5) is 6.92. The van der Waals surface area contributed by atoms with Gasteiger partial charge in [0, 0.05) is 44.3 Å². The Labute approximate surface area is 185 Å². The lowest BCUT2D eigenvalue weighted by Gasteiger charge is -2.21. The number of rotatable bonds is 6. The van der Waals surface area contributed by atoms with Gasteiger partial charge in [0.05, 0.1) is 7.11 Å². The summed E-state index contributed by atoms with van der Waals surface area (Å²) in [5.41, 5.74) is 2.48. The SMILES string of the molecule is CN=C(NCc1ccccc1OC)NC1CC(C)N(Cc2ccccc2)C1.I. The predicted octanol–water partition coefficient (Wildman–Crippen LogP) is 3.64. The van der Waals surface area contributed by atoms with Crippen molar-refractivity contribution >= 4 is 29.9 Å². The molecule has 0 saturated carbocycles. The molecule has 5 nitrogen and oxygen atoms in total. The Morgan fingerprint density at radius 2 is 1.86 bits per heavy atom. The summed E-state index contributed by atoms with van der Waals surface area (Å²) in [5.74, 6) is 1.73. The first-order chi connectivity index (χ1) is 13.2. The van der Waals surface area contributed by atoms with E-state index in [0.29, 0.717) is 18.6 Å². The fraction of sp³-hybridized carbons (Fsp3) is 0.409. The van der Waals surface area contributed by atoms with Crippen LogP contribution >= 0.6 is 24.0 Å². The Balaban J connectivity index is 0.00000280. The molecule has 6 heteroatoms. The van der Waals surface area contributed by atoms with Crippen molar-refractivity contribution in [3.05, 3.63) is 65.7 Å². The maximum atomic E-state index is 5.42. The number of aliphatic imine (C=N–C) groups is 1. The van der Waals surface area contributed by atoms with Crippen molar-refractivity contribution in [2.45, 2.75) is 38.5 Å². The van der Waals surface area contributed by atoms with Gasteiger partial charge in [0.15, 0.2) is 5.96 Å². The molecule has 0 bridgehead atoms. The van der Waals surface area contributed by atoms with E-state index in [1.165, 1.54) is 5.56 Å². The van der Waals surface area contributed by atoms with Crippen molar-refractivity contribution in [1.29, 1.82) is 0 Å². The first-order valence-corrected chi connectivity index (χ1v) is 9.56. The molecule has 2 aromatic carbocycles. The number of methoxy groups -OCH3 is 1. The normalized spacial score (nSPS) is 19.8. The number of hydrogen-bond donors (Lipinski definition) is 2. The van der Waals surface area contributed by atoms with Crippen LogP contribution in [0, 0.1) is 0 Å². The molecular weight excluding hydrogens is 463 g/mol. The molecule has 2 atom stereocenters. The van der Waals surface area contributed by atoms with Crippen molar-refractivity contribution in [2.24, 2.45) is 4.99 Å². The lowest BCUT2D eigenvalue weighted by Crippen LogP contribution is -2.44. The fourth-order valence-electron chi connectivity index (χ4n) is 3.66. The van der Waals surface area contributed by atoms with Gasteiger partial charge >= 0.3 is 0 Å². The highest BCUT2D eigenvalue weighted by Gasteiger charge is 2.29. The van der Waals surface area contributed by atoms with Crippen LogP contribution in [-0.4, -0.2) is 43.6 Å². The van der Waals surface area contributed by atoms with E-state index < -0.39 is 0 Å². The number of nitrogens with one attached hydrogen (secondary N) is 2. The molecule has 0 amide bonds. The first kappa shape index (κ1) is 22.5. The summed E-state index contributed by atoms with van der Waals surface area (Å²) in [6, 6.07) is 19.7. The van der Waals surface area contributed by atoms with E-state index in [-0.39, 0.29) is 24.0 Å². The fourth-order valence-corrected chi connectivity index (χ4v) is 3.66. The van der Waals surface area contributed by atoms with Gasteiger partial charge in [-0.1, -0.05) is 48.5 Å². The predicted molar refractivity (Wildman–Crippen MR) is 126 cm³/mol. The van der Waals surface area contributed by atoms with Crippen LogP contribution in [0.3, 0.4) is 0 Å². The largest absolute Gasteiger partial charge is 0.496 e. The van der Waals surface area contributed by atoms with E-state index in [1.807, 2.05) is 25.2 Å². The molecule has 1 aliphatic rings. The first-order valence-electron chi connectivity index (χ1n) is 9.56. The van der Waals surface area contributed by atoms with Crippen molar-refractivity contribution in [3.63, 3.8) is 0 Å². The van der Waals surface area contributed by atoms with Crippen molar-refractivity contribution in [1.82, 2.24) is 15.5 Å². The lowest BCUT2D eigenvalue weighted by molar-refractivity contribution is 0.258. The van der Waals surface area contributed by atoms with Crippen LogP contribution in [0.2, 0.25) is 0 Å². The monoisotopic (exact) mass is 494 g/mol. The molecule has 0 radical (unpaired) electrons. The maximum Gasteiger partial charge on any atom is 0.191 e. The minimum Gasteiger partial charge on any atom is -0.496 e. The second kappa shape index (κ2) is 11.3. The van der Waals surface area contributed by atoms with E-state index in [2.05, 4.69) is 63.8 Å². The van der Waals surface area contributed by atoms with Crippen LogP contribution in [0.1, 0.15) is 24.5 Å². The second-order valence-corrected chi connectivity index (χ2v) is 7.08. The van der Waals surface area contributed by atoms with Gasteiger partial charge in [-0.2, -0.15) is 0 Å². The molecule has 1 heterocycles. The van der Waals surface area contributed by atoms with E-state index in [4.69, 9.17) is 4.74 Å². The molecule has 0 aliphatic carbocycles. The molecule has 1 saturated heterocycles. The maximum absolute atomic E-state index is 5.42. The molecule has 2 N–H and O–H groups in total. The van der Waals surface area contributed by atoms with Crippen LogP contribution in [-0.2, 0) is 13.1 Å². The topological polar surface area (TPSA) is 48.9 Å². The third kappa shape index (κ3) is 6.10.